The van der Waals surface area contributed by atoms with E-state index in [1.54, 1.807) is 18.3 Å². The minimum Gasteiger partial charge on any atom is -0.354 e. The summed E-state index contributed by atoms with van der Waals surface area (Å²) in [6.07, 6.45) is 3.68. The van der Waals surface area contributed by atoms with Crippen molar-refractivity contribution >= 4 is 34.6 Å². The molecule has 0 saturated carbocycles. The number of halogens is 2. The molecule has 1 aromatic carbocycles. The molecule has 4 aromatic rings. The van der Waals surface area contributed by atoms with Crippen LogP contribution in [0.15, 0.2) is 54.9 Å². The number of aromatic nitrogens is 5. The second kappa shape index (κ2) is 11.2. The summed E-state index contributed by atoms with van der Waals surface area (Å²) in [5.41, 5.74) is 2.86. The average Bonchev–Trinajstić information content (AvgIpc) is 3.34. The van der Waals surface area contributed by atoms with Crippen LogP contribution < -0.4 is 10.6 Å². The number of hydrogen-bond donors (Lipinski definition) is 2. The molecule has 1 aliphatic rings. The molecule has 0 radical (unpaired) electrons. The Labute approximate surface area is 220 Å². The number of pyridine rings is 1. The molecule has 1 fully saturated rings. The van der Waals surface area contributed by atoms with Crippen molar-refractivity contribution < 1.29 is 4.39 Å². The van der Waals surface area contributed by atoms with Crippen molar-refractivity contribution in [3.05, 3.63) is 71.4 Å². The maximum absolute atomic E-state index is 14.4. The van der Waals surface area contributed by atoms with Gasteiger partial charge in [0.2, 0.25) is 0 Å². The Kier molecular flexibility index (Phi) is 7.59. The SMILES string of the molecule is Cc1nnc(-c2cc(Cl)ccc2F)cc1Nc1ccnc(Nc2ccn(CCN3CCN(C)CC3)n2)c1. The standard InChI is InChI=1S/C26H29ClFN9/c1-18-23(17-24(33-32-18)21-15-19(27)3-4-22(21)28)30-20-5-7-29-26(16-20)31-25-6-8-37(34-25)14-13-36-11-9-35(2)10-12-36/h3-8,15-17H,9-14H2,1-2H3,(H2,29,30,31,33,34). The van der Waals surface area contributed by atoms with E-state index >= 15 is 0 Å². The van der Waals surface area contributed by atoms with Gasteiger partial charge in [0.15, 0.2) is 5.82 Å². The van der Waals surface area contributed by atoms with Crippen molar-refractivity contribution in [2.75, 3.05) is 50.4 Å². The monoisotopic (exact) mass is 521 g/mol. The molecule has 4 heterocycles. The van der Waals surface area contributed by atoms with E-state index in [2.05, 4.69) is 47.8 Å². The number of benzene rings is 1. The number of hydrogen-bond acceptors (Lipinski definition) is 8. The van der Waals surface area contributed by atoms with E-state index in [0.29, 0.717) is 33.5 Å². The highest BCUT2D eigenvalue weighted by Gasteiger charge is 2.14. The normalized spacial score (nSPS) is 14.6. The van der Waals surface area contributed by atoms with E-state index in [1.807, 2.05) is 36.0 Å². The number of aryl methyl sites for hydroxylation is 1. The van der Waals surface area contributed by atoms with E-state index in [1.165, 1.54) is 12.1 Å². The third-order valence-corrected chi connectivity index (χ3v) is 6.60. The van der Waals surface area contributed by atoms with Crippen molar-refractivity contribution in [1.82, 2.24) is 34.8 Å². The second-order valence-electron chi connectivity index (χ2n) is 9.14. The summed E-state index contributed by atoms with van der Waals surface area (Å²) in [6, 6.07) is 11.8. The summed E-state index contributed by atoms with van der Waals surface area (Å²) in [7, 11) is 2.16. The number of anilines is 4. The lowest BCUT2D eigenvalue weighted by atomic mass is 10.1. The first-order valence-corrected chi connectivity index (χ1v) is 12.5. The molecule has 2 N–H and O–H groups in total. The van der Waals surface area contributed by atoms with Gasteiger partial charge in [-0.3, -0.25) is 9.58 Å². The number of likely N-dealkylation sites (N-methyl/N-ethyl adjacent to an activating group) is 1. The highest BCUT2D eigenvalue weighted by atomic mass is 35.5. The molecule has 9 nitrogen and oxygen atoms in total. The van der Waals surface area contributed by atoms with Gasteiger partial charge in [-0.2, -0.15) is 15.3 Å². The fraction of sp³-hybridized carbons (Fsp3) is 0.308. The Morgan fingerprint density at radius 1 is 0.946 bits per heavy atom. The summed E-state index contributed by atoms with van der Waals surface area (Å²) < 4.78 is 16.3. The van der Waals surface area contributed by atoms with E-state index in [9.17, 15) is 4.39 Å². The van der Waals surface area contributed by atoms with Gasteiger partial charge in [0, 0.05) is 73.5 Å². The fourth-order valence-electron chi connectivity index (χ4n) is 4.14. The quantitative estimate of drug-likeness (QED) is 0.349. The van der Waals surface area contributed by atoms with Crippen LogP contribution in [0.2, 0.25) is 5.02 Å². The maximum atomic E-state index is 14.4. The molecule has 0 spiro atoms. The molecule has 37 heavy (non-hydrogen) atoms. The van der Waals surface area contributed by atoms with Gasteiger partial charge in [0.05, 0.1) is 23.6 Å². The number of piperazine rings is 1. The van der Waals surface area contributed by atoms with Crippen molar-refractivity contribution in [3.8, 4) is 11.3 Å². The van der Waals surface area contributed by atoms with Crippen molar-refractivity contribution in [1.29, 1.82) is 0 Å². The van der Waals surface area contributed by atoms with E-state index in [-0.39, 0.29) is 0 Å². The molecule has 1 aliphatic heterocycles. The molecular weight excluding hydrogens is 493 g/mol. The van der Waals surface area contributed by atoms with Crippen LogP contribution in [0.4, 0.5) is 27.4 Å². The minimum atomic E-state index is -0.410. The van der Waals surface area contributed by atoms with Crippen molar-refractivity contribution in [2.24, 2.45) is 0 Å². The van der Waals surface area contributed by atoms with Gasteiger partial charge in [0.25, 0.3) is 0 Å². The zero-order valence-electron chi connectivity index (χ0n) is 20.8. The second-order valence-corrected chi connectivity index (χ2v) is 9.58. The fourth-order valence-corrected chi connectivity index (χ4v) is 4.31. The Balaban J connectivity index is 1.24. The Bertz CT molecular complexity index is 1370. The summed E-state index contributed by atoms with van der Waals surface area (Å²) >= 11 is 6.06. The summed E-state index contributed by atoms with van der Waals surface area (Å²) in [6.45, 7) is 8.05. The molecule has 3 aromatic heterocycles. The lowest BCUT2D eigenvalue weighted by molar-refractivity contribution is 0.149. The van der Waals surface area contributed by atoms with E-state index in [0.717, 1.165) is 50.8 Å². The molecular formula is C26H29ClFN9. The zero-order valence-corrected chi connectivity index (χ0v) is 21.6. The van der Waals surface area contributed by atoms with Crippen LogP contribution in [0.25, 0.3) is 11.3 Å². The van der Waals surface area contributed by atoms with Crippen LogP contribution in [0.3, 0.4) is 0 Å². The van der Waals surface area contributed by atoms with Gasteiger partial charge < -0.3 is 15.5 Å². The minimum absolute atomic E-state index is 0.295. The van der Waals surface area contributed by atoms with Crippen LogP contribution in [-0.2, 0) is 6.54 Å². The first kappa shape index (κ1) is 25.1. The highest BCUT2D eigenvalue weighted by molar-refractivity contribution is 6.30. The lowest BCUT2D eigenvalue weighted by Crippen LogP contribution is -2.45. The summed E-state index contributed by atoms with van der Waals surface area (Å²) in [4.78, 5) is 9.24. The van der Waals surface area contributed by atoms with Crippen LogP contribution in [0.5, 0.6) is 0 Å². The Morgan fingerprint density at radius 3 is 2.62 bits per heavy atom. The largest absolute Gasteiger partial charge is 0.354 e. The predicted octanol–water partition coefficient (Wildman–Crippen LogP) is 4.57. The van der Waals surface area contributed by atoms with Gasteiger partial charge >= 0.3 is 0 Å². The molecule has 11 heteroatoms. The van der Waals surface area contributed by atoms with E-state index in [4.69, 9.17) is 11.6 Å². The third kappa shape index (κ3) is 6.40. The lowest BCUT2D eigenvalue weighted by Gasteiger charge is -2.32. The topological polar surface area (TPSA) is 87.0 Å². The third-order valence-electron chi connectivity index (χ3n) is 6.36. The molecule has 0 aliphatic carbocycles. The number of nitrogens with zero attached hydrogens (tertiary/aromatic N) is 7. The average molecular weight is 522 g/mol. The van der Waals surface area contributed by atoms with Gasteiger partial charge in [-0.05, 0) is 44.3 Å². The number of rotatable bonds is 8. The van der Waals surface area contributed by atoms with Crippen LogP contribution in [0, 0.1) is 12.7 Å². The highest BCUT2D eigenvalue weighted by Crippen LogP contribution is 2.28. The molecule has 0 amide bonds. The summed E-state index contributed by atoms with van der Waals surface area (Å²) in [5, 5.41) is 20.0. The molecule has 5 rings (SSSR count). The van der Waals surface area contributed by atoms with E-state index < -0.39 is 5.82 Å². The van der Waals surface area contributed by atoms with Gasteiger partial charge in [-0.25, -0.2) is 9.37 Å². The first-order valence-electron chi connectivity index (χ1n) is 12.2. The molecule has 192 valence electrons. The van der Waals surface area contributed by atoms with Crippen molar-refractivity contribution in [3.63, 3.8) is 0 Å². The van der Waals surface area contributed by atoms with Crippen LogP contribution >= 0.6 is 11.6 Å². The van der Waals surface area contributed by atoms with Gasteiger partial charge in [-0.1, -0.05) is 11.6 Å². The summed E-state index contributed by atoms with van der Waals surface area (Å²) in [5.74, 6) is 0.963. The van der Waals surface area contributed by atoms with Crippen LogP contribution in [-0.4, -0.2) is 74.5 Å². The molecule has 0 unspecified atom stereocenters. The number of nitrogens with one attached hydrogen (secondary N) is 2. The van der Waals surface area contributed by atoms with Gasteiger partial charge in [-0.15, -0.1) is 0 Å². The molecule has 0 atom stereocenters. The Hall–Kier alpha value is -3.60. The van der Waals surface area contributed by atoms with Gasteiger partial charge in [0.1, 0.15) is 11.6 Å². The molecule has 1 saturated heterocycles. The zero-order chi connectivity index (χ0) is 25.8. The predicted molar refractivity (Wildman–Crippen MR) is 144 cm³/mol. The first-order chi connectivity index (χ1) is 17.9. The van der Waals surface area contributed by atoms with Crippen LogP contribution in [0.1, 0.15) is 5.69 Å². The Morgan fingerprint density at radius 2 is 1.78 bits per heavy atom. The maximum Gasteiger partial charge on any atom is 0.153 e. The van der Waals surface area contributed by atoms with Crippen molar-refractivity contribution in [2.45, 2.75) is 13.5 Å². The smallest absolute Gasteiger partial charge is 0.153 e. The molecule has 0 bridgehead atoms.